The molecule has 0 atom stereocenters. The van der Waals surface area contributed by atoms with Gasteiger partial charge in [-0.3, -0.25) is 9.59 Å². The van der Waals surface area contributed by atoms with Crippen molar-refractivity contribution in [3.05, 3.63) is 46.5 Å². The smallest absolute Gasteiger partial charge is 0.192 e. The number of rotatable bonds is 3. The predicted octanol–water partition coefficient (Wildman–Crippen LogP) is 0.737. The molecule has 0 unspecified atom stereocenters. The standard InChI is InChI=1S/C13H12O4/c14-6-5-10-11(7-15)13(17)9-4-2-1-3-8(9)12(10)16/h1-4,14-15H,5-7H2. The highest BCUT2D eigenvalue weighted by molar-refractivity contribution is 6.27. The molecule has 0 aliphatic heterocycles. The highest BCUT2D eigenvalue weighted by Crippen LogP contribution is 2.27. The van der Waals surface area contributed by atoms with Gasteiger partial charge in [0.25, 0.3) is 0 Å². The van der Waals surface area contributed by atoms with Crippen molar-refractivity contribution in [2.45, 2.75) is 6.42 Å². The van der Waals surface area contributed by atoms with Crippen LogP contribution in [0.3, 0.4) is 0 Å². The maximum atomic E-state index is 12.1. The lowest BCUT2D eigenvalue weighted by Crippen LogP contribution is -2.24. The third kappa shape index (κ3) is 1.81. The molecule has 0 bridgehead atoms. The second-order valence-electron chi connectivity index (χ2n) is 3.79. The third-order valence-corrected chi connectivity index (χ3v) is 2.85. The van der Waals surface area contributed by atoms with Gasteiger partial charge in [-0.25, -0.2) is 0 Å². The number of aliphatic hydroxyl groups excluding tert-OH is 2. The fourth-order valence-corrected chi connectivity index (χ4v) is 2.02. The van der Waals surface area contributed by atoms with E-state index in [1.807, 2.05) is 0 Å². The largest absolute Gasteiger partial charge is 0.396 e. The Labute approximate surface area is 98.2 Å². The van der Waals surface area contributed by atoms with Gasteiger partial charge in [0.05, 0.1) is 6.61 Å². The van der Waals surface area contributed by atoms with Crippen molar-refractivity contribution in [1.82, 2.24) is 0 Å². The lowest BCUT2D eigenvalue weighted by molar-refractivity contribution is 0.0957. The number of carbonyl (C=O) groups is 2. The van der Waals surface area contributed by atoms with Gasteiger partial charge in [0.2, 0.25) is 0 Å². The van der Waals surface area contributed by atoms with Crippen molar-refractivity contribution in [3.8, 4) is 0 Å². The van der Waals surface area contributed by atoms with Crippen LogP contribution < -0.4 is 0 Å². The Bertz CT molecular complexity index is 514. The Hall–Kier alpha value is -1.78. The molecule has 2 N–H and O–H groups in total. The normalized spacial score (nSPS) is 15.2. The lowest BCUT2D eigenvalue weighted by Gasteiger charge is -2.19. The summed E-state index contributed by atoms with van der Waals surface area (Å²) in [7, 11) is 0. The summed E-state index contributed by atoms with van der Waals surface area (Å²) in [6.45, 7) is -0.700. The number of hydrogen-bond acceptors (Lipinski definition) is 4. The van der Waals surface area contributed by atoms with E-state index in [-0.39, 0.29) is 35.7 Å². The number of carbonyl (C=O) groups excluding carboxylic acids is 2. The first kappa shape index (κ1) is 11.7. The van der Waals surface area contributed by atoms with E-state index in [0.29, 0.717) is 11.1 Å². The molecule has 88 valence electrons. The number of fused-ring (bicyclic) bond motifs is 1. The zero-order valence-electron chi connectivity index (χ0n) is 9.14. The first-order chi connectivity index (χ1) is 8.20. The molecule has 4 heteroatoms. The monoisotopic (exact) mass is 232 g/mol. The van der Waals surface area contributed by atoms with Crippen LogP contribution in [0.15, 0.2) is 35.4 Å². The fourth-order valence-electron chi connectivity index (χ4n) is 2.02. The summed E-state index contributed by atoms with van der Waals surface area (Å²) in [4.78, 5) is 24.1. The SMILES string of the molecule is O=C1C(CO)=C(CCO)C(=O)c2ccccc21. The van der Waals surface area contributed by atoms with Crippen LogP contribution in [-0.4, -0.2) is 35.0 Å². The van der Waals surface area contributed by atoms with Crippen LogP contribution in [0.2, 0.25) is 0 Å². The maximum Gasteiger partial charge on any atom is 0.192 e. The van der Waals surface area contributed by atoms with Crippen molar-refractivity contribution >= 4 is 11.6 Å². The zero-order chi connectivity index (χ0) is 12.4. The first-order valence-corrected chi connectivity index (χ1v) is 5.33. The quantitative estimate of drug-likeness (QED) is 0.806. The zero-order valence-corrected chi connectivity index (χ0v) is 9.14. The Morgan fingerprint density at radius 2 is 1.41 bits per heavy atom. The molecule has 1 aliphatic carbocycles. The van der Waals surface area contributed by atoms with E-state index in [1.54, 1.807) is 24.3 Å². The summed E-state index contributed by atoms with van der Waals surface area (Å²) in [6.07, 6.45) is 0.0921. The molecule has 0 radical (unpaired) electrons. The van der Waals surface area contributed by atoms with Gasteiger partial charge in [-0.15, -0.1) is 0 Å². The van der Waals surface area contributed by atoms with Crippen LogP contribution in [-0.2, 0) is 0 Å². The molecule has 0 amide bonds. The van der Waals surface area contributed by atoms with E-state index in [1.165, 1.54) is 0 Å². The van der Waals surface area contributed by atoms with Crippen molar-refractivity contribution in [3.63, 3.8) is 0 Å². The van der Waals surface area contributed by atoms with E-state index in [9.17, 15) is 14.7 Å². The average molecular weight is 232 g/mol. The van der Waals surface area contributed by atoms with Gasteiger partial charge < -0.3 is 10.2 Å². The van der Waals surface area contributed by atoms with Gasteiger partial charge in [-0.2, -0.15) is 0 Å². The molecule has 0 saturated heterocycles. The van der Waals surface area contributed by atoms with E-state index in [4.69, 9.17) is 5.11 Å². The minimum Gasteiger partial charge on any atom is -0.396 e. The van der Waals surface area contributed by atoms with E-state index in [2.05, 4.69) is 0 Å². The molecule has 1 aromatic carbocycles. The van der Waals surface area contributed by atoms with Crippen LogP contribution in [0.5, 0.6) is 0 Å². The molecule has 4 nitrogen and oxygen atoms in total. The van der Waals surface area contributed by atoms with E-state index < -0.39 is 6.61 Å². The highest BCUT2D eigenvalue weighted by Gasteiger charge is 2.30. The first-order valence-electron chi connectivity index (χ1n) is 5.33. The fraction of sp³-hybridized carbons (Fsp3) is 0.231. The molecule has 1 aromatic rings. The van der Waals surface area contributed by atoms with Gasteiger partial charge in [-0.1, -0.05) is 24.3 Å². The van der Waals surface area contributed by atoms with E-state index >= 15 is 0 Å². The topological polar surface area (TPSA) is 74.6 Å². The lowest BCUT2D eigenvalue weighted by atomic mass is 9.83. The highest BCUT2D eigenvalue weighted by atomic mass is 16.3. The van der Waals surface area contributed by atoms with Gasteiger partial charge in [0, 0.05) is 28.9 Å². The molecule has 2 rings (SSSR count). The summed E-state index contributed by atoms with van der Waals surface area (Å²) in [5.74, 6) is -0.607. The van der Waals surface area contributed by atoms with Gasteiger partial charge in [0.1, 0.15) is 0 Å². The maximum absolute atomic E-state index is 12.1. The molecule has 0 fully saturated rings. The number of Topliss-reactive ketones (excluding diaryl/α,β-unsaturated/α-hetero) is 2. The minimum absolute atomic E-state index is 0.0921. The second-order valence-corrected chi connectivity index (χ2v) is 3.79. The summed E-state index contributed by atoms with van der Waals surface area (Å²) >= 11 is 0. The number of hydrogen-bond donors (Lipinski definition) is 2. The molecular formula is C13H12O4. The van der Waals surface area contributed by atoms with Crippen LogP contribution in [0, 0.1) is 0 Å². The van der Waals surface area contributed by atoms with Gasteiger partial charge in [0.15, 0.2) is 11.6 Å². The number of aliphatic hydroxyl groups is 2. The molecule has 0 heterocycles. The molecule has 0 aromatic heterocycles. The molecule has 0 saturated carbocycles. The van der Waals surface area contributed by atoms with Gasteiger partial charge >= 0.3 is 0 Å². The number of benzene rings is 1. The Balaban J connectivity index is 2.60. The van der Waals surface area contributed by atoms with Crippen LogP contribution in [0.1, 0.15) is 27.1 Å². The summed E-state index contributed by atoms with van der Waals surface area (Å²) in [6, 6.07) is 6.52. The molecular weight excluding hydrogens is 220 g/mol. The molecule has 17 heavy (non-hydrogen) atoms. The minimum atomic E-state index is -0.478. The predicted molar refractivity (Wildman–Crippen MR) is 60.9 cm³/mol. The number of ketones is 2. The molecule has 1 aliphatic rings. The van der Waals surface area contributed by atoms with Crippen molar-refractivity contribution < 1.29 is 19.8 Å². The van der Waals surface area contributed by atoms with Gasteiger partial charge in [-0.05, 0) is 6.42 Å². The van der Waals surface area contributed by atoms with Crippen molar-refractivity contribution in [2.75, 3.05) is 13.2 Å². The van der Waals surface area contributed by atoms with Crippen LogP contribution in [0.25, 0.3) is 0 Å². The van der Waals surface area contributed by atoms with Crippen LogP contribution in [0.4, 0.5) is 0 Å². The Morgan fingerprint density at radius 3 is 1.88 bits per heavy atom. The summed E-state index contributed by atoms with van der Waals surface area (Å²) in [5.41, 5.74) is 0.989. The Kier molecular flexibility index (Phi) is 3.17. The summed E-state index contributed by atoms with van der Waals surface area (Å²) < 4.78 is 0. The average Bonchev–Trinajstić information content (AvgIpc) is 2.36. The van der Waals surface area contributed by atoms with Crippen molar-refractivity contribution in [2.24, 2.45) is 0 Å². The Morgan fingerprint density at radius 1 is 0.882 bits per heavy atom. The second kappa shape index (κ2) is 4.61. The third-order valence-electron chi connectivity index (χ3n) is 2.85. The molecule has 0 spiro atoms. The van der Waals surface area contributed by atoms with E-state index in [0.717, 1.165) is 0 Å². The summed E-state index contributed by atoms with van der Waals surface area (Å²) in [5, 5.41) is 18.1. The van der Waals surface area contributed by atoms with Crippen LogP contribution >= 0.6 is 0 Å². The van der Waals surface area contributed by atoms with Crippen molar-refractivity contribution in [1.29, 1.82) is 0 Å².